The van der Waals surface area contributed by atoms with Crippen LogP contribution in [0, 0.1) is 17.2 Å². The monoisotopic (exact) mass is 254 g/mol. The zero-order chi connectivity index (χ0) is 13.2. The van der Waals surface area contributed by atoms with Crippen molar-refractivity contribution in [3.63, 3.8) is 0 Å². The van der Waals surface area contributed by atoms with Gasteiger partial charge in [0.25, 0.3) is 0 Å². The van der Waals surface area contributed by atoms with Crippen molar-refractivity contribution in [1.29, 1.82) is 5.26 Å². The molecule has 1 aromatic carbocycles. The molecular weight excluding hydrogens is 240 g/mol. The number of aromatic amines is 1. The molecule has 4 heteroatoms. The van der Waals surface area contributed by atoms with Crippen LogP contribution in [-0.4, -0.2) is 24.0 Å². The van der Waals surface area contributed by atoms with Gasteiger partial charge in [-0.1, -0.05) is 6.07 Å². The number of hydrogen-bond donors (Lipinski definition) is 1. The number of carbonyl (C=O) groups excluding carboxylic acids is 1. The molecule has 1 aliphatic heterocycles. The summed E-state index contributed by atoms with van der Waals surface area (Å²) in [6.45, 7) is 1.29. The highest BCUT2D eigenvalue weighted by atomic mass is 16.5. The van der Waals surface area contributed by atoms with E-state index in [9.17, 15) is 10.1 Å². The molecule has 0 bridgehead atoms. The van der Waals surface area contributed by atoms with Crippen molar-refractivity contribution < 1.29 is 9.53 Å². The van der Waals surface area contributed by atoms with Crippen LogP contribution in [0.2, 0.25) is 0 Å². The Morgan fingerprint density at radius 1 is 1.37 bits per heavy atom. The highest BCUT2D eigenvalue weighted by molar-refractivity contribution is 6.10. The summed E-state index contributed by atoms with van der Waals surface area (Å²) in [4.78, 5) is 15.6. The number of nitrogens with zero attached hydrogens (tertiary/aromatic N) is 1. The largest absolute Gasteiger partial charge is 0.381 e. The second-order valence-corrected chi connectivity index (χ2v) is 4.79. The summed E-state index contributed by atoms with van der Waals surface area (Å²) in [5.41, 5.74) is 2.03. The van der Waals surface area contributed by atoms with Gasteiger partial charge >= 0.3 is 0 Å². The molecule has 96 valence electrons. The molecule has 1 N–H and O–H groups in total. The first kappa shape index (κ1) is 11.9. The van der Waals surface area contributed by atoms with Gasteiger partial charge < -0.3 is 9.72 Å². The van der Waals surface area contributed by atoms with E-state index in [4.69, 9.17) is 4.74 Å². The smallest absolute Gasteiger partial charge is 0.168 e. The number of nitrogens with one attached hydrogen (secondary N) is 1. The Hall–Kier alpha value is -2.12. The molecule has 1 saturated heterocycles. The molecule has 0 amide bonds. The van der Waals surface area contributed by atoms with Crippen LogP contribution in [0.1, 0.15) is 28.8 Å². The van der Waals surface area contributed by atoms with Crippen LogP contribution in [0.15, 0.2) is 24.4 Å². The van der Waals surface area contributed by atoms with Gasteiger partial charge in [-0.05, 0) is 25.0 Å². The number of ketones is 1. The molecule has 1 fully saturated rings. The molecule has 2 heterocycles. The molecule has 2 aromatic rings. The summed E-state index contributed by atoms with van der Waals surface area (Å²) < 4.78 is 5.29. The fourth-order valence-corrected chi connectivity index (χ4v) is 2.65. The third-order valence-corrected chi connectivity index (χ3v) is 3.68. The van der Waals surface area contributed by atoms with Gasteiger partial charge in [-0.2, -0.15) is 5.26 Å². The topological polar surface area (TPSA) is 65.9 Å². The molecule has 19 heavy (non-hydrogen) atoms. The number of rotatable bonds is 2. The standard InChI is InChI=1S/C15H14N2O2/c16-8-11-2-1-3-13-14(11)12(9-17-13)15(18)10-4-6-19-7-5-10/h1-3,9-10,17H,4-7H2. The number of hydrogen-bond acceptors (Lipinski definition) is 3. The molecule has 0 spiro atoms. The number of aromatic nitrogens is 1. The molecule has 0 aliphatic carbocycles. The predicted molar refractivity (Wildman–Crippen MR) is 70.9 cm³/mol. The van der Waals surface area contributed by atoms with Gasteiger partial charge in [0.15, 0.2) is 5.78 Å². The van der Waals surface area contributed by atoms with E-state index in [1.165, 1.54) is 0 Å². The Balaban J connectivity index is 2.05. The van der Waals surface area contributed by atoms with Crippen LogP contribution in [-0.2, 0) is 4.74 Å². The Morgan fingerprint density at radius 2 is 2.16 bits per heavy atom. The Morgan fingerprint density at radius 3 is 2.89 bits per heavy atom. The SMILES string of the molecule is N#Cc1cccc2[nH]cc(C(=O)C3CCOCC3)c12. The maximum absolute atomic E-state index is 12.6. The minimum absolute atomic E-state index is 0.0134. The lowest BCUT2D eigenvalue weighted by molar-refractivity contribution is 0.0546. The van der Waals surface area contributed by atoms with Gasteiger partial charge in [0.2, 0.25) is 0 Å². The average molecular weight is 254 g/mol. The lowest BCUT2D eigenvalue weighted by Gasteiger charge is -2.20. The van der Waals surface area contributed by atoms with Gasteiger partial charge in [-0.3, -0.25) is 4.79 Å². The zero-order valence-electron chi connectivity index (χ0n) is 10.5. The molecule has 1 aliphatic rings. The van der Waals surface area contributed by atoms with Crippen molar-refractivity contribution in [2.24, 2.45) is 5.92 Å². The molecule has 4 nitrogen and oxygen atoms in total. The highest BCUT2D eigenvalue weighted by Gasteiger charge is 2.25. The van der Waals surface area contributed by atoms with Gasteiger partial charge in [-0.25, -0.2) is 0 Å². The first-order valence-electron chi connectivity index (χ1n) is 6.43. The number of benzene rings is 1. The van der Waals surface area contributed by atoms with E-state index in [-0.39, 0.29) is 11.7 Å². The van der Waals surface area contributed by atoms with Crippen molar-refractivity contribution in [1.82, 2.24) is 4.98 Å². The zero-order valence-corrected chi connectivity index (χ0v) is 10.5. The van der Waals surface area contributed by atoms with Crippen LogP contribution in [0.3, 0.4) is 0 Å². The average Bonchev–Trinajstić information content (AvgIpc) is 2.91. The Labute approximate surface area is 111 Å². The minimum atomic E-state index is 0.0134. The van der Waals surface area contributed by atoms with E-state index in [2.05, 4.69) is 11.1 Å². The second kappa shape index (κ2) is 4.87. The number of nitriles is 1. The molecule has 1 aromatic heterocycles. The molecular formula is C15H14N2O2. The molecule has 0 atom stereocenters. The summed E-state index contributed by atoms with van der Waals surface area (Å²) in [6, 6.07) is 7.61. The van der Waals surface area contributed by atoms with Crippen LogP contribution in [0.5, 0.6) is 0 Å². The number of Topliss-reactive ketones (excluding diaryl/α,β-unsaturated/α-hetero) is 1. The summed E-state index contributed by atoms with van der Waals surface area (Å²) in [5, 5.41) is 9.93. The third-order valence-electron chi connectivity index (χ3n) is 3.68. The van der Waals surface area contributed by atoms with E-state index in [0.717, 1.165) is 23.7 Å². The summed E-state index contributed by atoms with van der Waals surface area (Å²) in [7, 11) is 0. The minimum Gasteiger partial charge on any atom is -0.381 e. The van der Waals surface area contributed by atoms with E-state index in [1.54, 1.807) is 12.3 Å². The van der Waals surface area contributed by atoms with Crippen molar-refractivity contribution in [2.75, 3.05) is 13.2 Å². The van der Waals surface area contributed by atoms with E-state index < -0.39 is 0 Å². The van der Waals surface area contributed by atoms with Crippen molar-refractivity contribution >= 4 is 16.7 Å². The van der Waals surface area contributed by atoms with Gasteiger partial charge in [0.05, 0.1) is 11.6 Å². The van der Waals surface area contributed by atoms with E-state index >= 15 is 0 Å². The van der Waals surface area contributed by atoms with Crippen molar-refractivity contribution in [3.05, 3.63) is 35.5 Å². The highest BCUT2D eigenvalue weighted by Crippen LogP contribution is 2.27. The molecule has 3 rings (SSSR count). The molecule has 0 saturated carbocycles. The fraction of sp³-hybridized carbons (Fsp3) is 0.333. The lowest BCUT2D eigenvalue weighted by Crippen LogP contribution is -2.23. The molecule has 0 unspecified atom stereocenters. The summed E-state index contributed by atoms with van der Waals surface area (Å²) >= 11 is 0. The summed E-state index contributed by atoms with van der Waals surface area (Å²) in [6.07, 6.45) is 3.25. The number of fused-ring (bicyclic) bond motifs is 1. The fourth-order valence-electron chi connectivity index (χ4n) is 2.65. The maximum Gasteiger partial charge on any atom is 0.168 e. The van der Waals surface area contributed by atoms with Crippen molar-refractivity contribution in [2.45, 2.75) is 12.8 Å². The number of carbonyl (C=O) groups is 1. The maximum atomic E-state index is 12.6. The Kier molecular flexibility index (Phi) is 3.06. The third kappa shape index (κ3) is 2.02. The predicted octanol–water partition coefficient (Wildman–Crippen LogP) is 2.65. The van der Waals surface area contributed by atoms with Crippen LogP contribution >= 0.6 is 0 Å². The number of ether oxygens (including phenoxy) is 1. The Bertz CT molecular complexity index is 660. The van der Waals surface area contributed by atoms with Gasteiger partial charge in [0, 0.05) is 41.8 Å². The van der Waals surface area contributed by atoms with E-state index in [1.807, 2.05) is 12.1 Å². The number of H-pyrrole nitrogens is 1. The normalized spacial score (nSPS) is 16.4. The summed E-state index contributed by atoms with van der Waals surface area (Å²) in [5.74, 6) is 0.136. The quantitative estimate of drug-likeness (QED) is 0.838. The van der Waals surface area contributed by atoms with E-state index in [0.29, 0.717) is 24.3 Å². The van der Waals surface area contributed by atoms with Crippen molar-refractivity contribution in [3.8, 4) is 6.07 Å². The molecule has 0 radical (unpaired) electrons. The first-order valence-corrected chi connectivity index (χ1v) is 6.43. The first-order chi connectivity index (χ1) is 9.31. The van der Waals surface area contributed by atoms with Gasteiger partial charge in [0.1, 0.15) is 0 Å². The second-order valence-electron chi connectivity index (χ2n) is 4.79. The van der Waals surface area contributed by atoms with Crippen LogP contribution < -0.4 is 0 Å². The lowest BCUT2D eigenvalue weighted by atomic mass is 9.90. The van der Waals surface area contributed by atoms with Crippen LogP contribution in [0.4, 0.5) is 0 Å². The van der Waals surface area contributed by atoms with Crippen LogP contribution in [0.25, 0.3) is 10.9 Å². The van der Waals surface area contributed by atoms with Gasteiger partial charge in [-0.15, -0.1) is 0 Å².